The quantitative estimate of drug-likeness (QED) is 0.858. The van der Waals surface area contributed by atoms with Crippen LogP contribution in [0.3, 0.4) is 0 Å². The van der Waals surface area contributed by atoms with E-state index in [2.05, 4.69) is 21.8 Å². The molecule has 0 bridgehead atoms. The van der Waals surface area contributed by atoms with Crippen molar-refractivity contribution in [1.82, 2.24) is 14.9 Å². The van der Waals surface area contributed by atoms with Crippen LogP contribution in [-0.2, 0) is 6.54 Å². The highest BCUT2D eigenvalue weighted by Crippen LogP contribution is 2.16. The van der Waals surface area contributed by atoms with Crippen molar-refractivity contribution in [2.75, 3.05) is 13.1 Å². The second-order valence-corrected chi connectivity index (χ2v) is 5.69. The van der Waals surface area contributed by atoms with Gasteiger partial charge in [0, 0.05) is 25.7 Å². The van der Waals surface area contributed by atoms with Gasteiger partial charge in [-0.15, -0.1) is 0 Å². The molecule has 1 fully saturated rings. The number of hydrogen-bond donors (Lipinski definition) is 2. The second kappa shape index (κ2) is 5.34. The maximum Gasteiger partial charge on any atom is 0.271 e. The van der Waals surface area contributed by atoms with Crippen molar-refractivity contribution < 1.29 is 0 Å². The first-order valence-corrected chi connectivity index (χ1v) is 7.09. The molecule has 2 unspecified atom stereocenters. The predicted molar refractivity (Wildman–Crippen MR) is 79.4 cm³/mol. The third kappa shape index (κ3) is 2.59. The van der Waals surface area contributed by atoms with E-state index in [9.17, 15) is 4.79 Å². The van der Waals surface area contributed by atoms with Crippen LogP contribution in [-0.4, -0.2) is 34.0 Å². The van der Waals surface area contributed by atoms with E-state index in [1.54, 1.807) is 0 Å². The van der Waals surface area contributed by atoms with E-state index >= 15 is 0 Å². The minimum atomic E-state index is -0.0915. The molecule has 106 valence electrons. The van der Waals surface area contributed by atoms with Gasteiger partial charge < -0.3 is 10.7 Å². The Bertz CT molecular complexity index is 666. The highest BCUT2D eigenvalue weighted by molar-refractivity contribution is 5.73. The van der Waals surface area contributed by atoms with Crippen molar-refractivity contribution in [3.8, 4) is 0 Å². The fourth-order valence-electron chi connectivity index (χ4n) is 2.78. The Labute approximate surface area is 117 Å². The molecule has 20 heavy (non-hydrogen) atoms. The SMILES string of the molecule is CC1CN(Cc2nc3ccccc3[nH]c2=O)CCC1N. The molecule has 0 radical (unpaired) electrons. The summed E-state index contributed by atoms with van der Waals surface area (Å²) in [4.78, 5) is 21.7. The fourth-order valence-corrected chi connectivity index (χ4v) is 2.78. The van der Waals surface area contributed by atoms with E-state index < -0.39 is 0 Å². The molecule has 0 spiro atoms. The van der Waals surface area contributed by atoms with Crippen molar-refractivity contribution in [2.24, 2.45) is 11.7 Å². The summed E-state index contributed by atoms with van der Waals surface area (Å²) in [5, 5.41) is 0. The molecule has 1 aliphatic rings. The van der Waals surface area contributed by atoms with Crippen LogP contribution in [0, 0.1) is 5.92 Å². The number of likely N-dealkylation sites (tertiary alicyclic amines) is 1. The highest BCUT2D eigenvalue weighted by Gasteiger charge is 2.23. The zero-order chi connectivity index (χ0) is 14.1. The Morgan fingerprint density at radius 1 is 1.45 bits per heavy atom. The summed E-state index contributed by atoms with van der Waals surface area (Å²) < 4.78 is 0. The molecule has 0 amide bonds. The van der Waals surface area contributed by atoms with Crippen LogP contribution in [0.4, 0.5) is 0 Å². The molecule has 3 rings (SSSR count). The molecule has 3 N–H and O–H groups in total. The van der Waals surface area contributed by atoms with Crippen molar-refractivity contribution in [2.45, 2.75) is 25.9 Å². The van der Waals surface area contributed by atoms with Crippen molar-refractivity contribution >= 4 is 11.0 Å². The first-order chi connectivity index (χ1) is 9.63. The van der Waals surface area contributed by atoms with Gasteiger partial charge in [-0.2, -0.15) is 0 Å². The summed E-state index contributed by atoms with van der Waals surface area (Å²) in [6.45, 7) is 4.61. The third-order valence-corrected chi connectivity index (χ3v) is 4.10. The molecular formula is C15H20N4O. The lowest BCUT2D eigenvalue weighted by Gasteiger charge is -2.34. The number of rotatable bonds is 2. The topological polar surface area (TPSA) is 75.0 Å². The molecule has 1 aromatic carbocycles. The Balaban J connectivity index is 1.84. The van der Waals surface area contributed by atoms with Gasteiger partial charge in [-0.1, -0.05) is 19.1 Å². The normalized spacial score (nSPS) is 24.1. The average Bonchev–Trinajstić information content (AvgIpc) is 2.44. The zero-order valence-corrected chi connectivity index (χ0v) is 11.7. The molecule has 2 aromatic rings. The maximum atomic E-state index is 12.1. The molecule has 2 heterocycles. The van der Waals surface area contributed by atoms with Crippen LogP contribution < -0.4 is 11.3 Å². The van der Waals surface area contributed by atoms with E-state index in [0.29, 0.717) is 18.2 Å². The summed E-state index contributed by atoms with van der Waals surface area (Å²) in [6.07, 6.45) is 0.979. The predicted octanol–water partition coefficient (Wildman–Crippen LogP) is 1.09. The van der Waals surface area contributed by atoms with Crippen LogP contribution in [0.2, 0.25) is 0 Å². The monoisotopic (exact) mass is 272 g/mol. The van der Waals surface area contributed by atoms with Gasteiger partial charge in [-0.3, -0.25) is 9.69 Å². The van der Waals surface area contributed by atoms with Crippen molar-refractivity contribution in [3.05, 3.63) is 40.3 Å². The average molecular weight is 272 g/mol. The molecule has 1 aliphatic heterocycles. The van der Waals surface area contributed by atoms with Gasteiger partial charge in [0.05, 0.1) is 11.0 Å². The van der Waals surface area contributed by atoms with Crippen LogP contribution in [0.25, 0.3) is 11.0 Å². The number of nitrogens with one attached hydrogen (secondary N) is 1. The third-order valence-electron chi connectivity index (χ3n) is 4.10. The zero-order valence-electron chi connectivity index (χ0n) is 11.7. The van der Waals surface area contributed by atoms with Gasteiger partial charge in [0.2, 0.25) is 0 Å². The van der Waals surface area contributed by atoms with E-state index in [1.807, 2.05) is 24.3 Å². The van der Waals surface area contributed by atoms with Gasteiger partial charge in [0.1, 0.15) is 5.69 Å². The number of nitrogens with zero attached hydrogens (tertiary/aromatic N) is 2. The number of H-pyrrole nitrogens is 1. The maximum absolute atomic E-state index is 12.1. The largest absolute Gasteiger partial charge is 0.327 e. The molecule has 0 saturated carbocycles. The Kier molecular flexibility index (Phi) is 3.54. The van der Waals surface area contributed by atoms with Crippen LogP contribution in [0.1, 0.15) is 19.0 Å². The smallest absolute Gasteiger partial charge is 0.271 e. The van der Waals surface area contributed by atoms with Crippen molar-refractivity contribution in [3.63, 3.8) is 0 Å². The summed E-state index contributed by atoms with van der Waals surface area (Å²) in [5.74, 6) is 0.461. The minimum Gasteiger partial charge on any atom is -0.327 e. The van der Waals surface area contributed by atoms with E-state index in [1.165, 1.54) is 0 Å². The lowest BCUT2D eigenvalue weighted by atomic mass is 9.95. The molecular weight excluding hydrogens is 252 g/mol. The Morgan fingerprint density at radius 3 is 3.05 bits per heavy atom. The van der Waals surface area contributed by atoms with Gasteiger partial charge >= 0.3 is 0 Å². The lowest BCUT2D eigenvalue weighted by molar-refractivity contribution is 0.156. The fraction of sp³-hybridized carbons (Fsp3) is 0.467. The van der Waals surface area contributed by atoms with Crippen molar-refractivity contribution in [1.29, 1.82) is 0 Å². The first-order valence-electron chi connectivity index (χ1n) is 7.09. The van der Waals surface area contributed by atoms with Crippen LogP contribution >= 0.6 is 0 Å². The number of para-hydroxylation sites is 2. The standard InChI is InChI=1S/C15H20N4O/c1-10-8-19(7-6-11(10)16)9-14-15(20)18-13-5-3-2-4-12(13)17-14/h2-5,10-11H,6-9,16H2,1H3,(H,18,20). The van der Waals surface area contributed by atoms with E-state index in [-0.39, 0.29) is 11.6 Å². The molecule has 5 nitrogen and oxygen atoms in total. The van der Waals surface area contributed by atoms with E-state index in [0.717, 1.165) is 30.5 Å². The summed E-state index contributed by atoms with van der Waals surface area (Å²) >= 11 is 0. The van der Waals surface area contributed by atoms with E-state index in [4.69, 9.17) is 5.73 Å². The first kappa shape index (κ1) is 13.3. The van der Waals surface area contributed by atoms with Gasteiger partial charge in [0.25, 0.3) is 5.56 Å². The van der Waals surface area contributed by atoms with Gasteiger partial charge in [-0.05, 0) is 24.5 Å². The Hall–Kier alpha value is -1.72. The minimum absolute atomic E-state index is 0.0915. The number of nitrogens with two attached hydrogens (primary N) is 1. The number of aromatic nitrogens is 2. The number of piperidine rings is 1. The van der Waals surface area contributed by atoms with Gasteiger partial charge in [-0.25, -0.2) is 4.98 Å². The highest BCUT2D eigenvalue weighted by atomic mass is 16.1. The second-order valence-electron chi connectivity index (χ2n) is 5.69. The molecule has 1 saturated heterocycles. The Morgan fingerprint density at radius 2 is 2.25 bits per heavy atom. The summed E-state index contributed by atoms with van der Waals surface area (Å²) in [6, 6.07) is 7.89. The molecule has 0 aliphatic carbocycles. The molecule has 2 atom stereocenters. The summed E-state index contributed by atoms with van der Waals surface area (Å²) in [5.41, 5.74) is 8.15. The summed E-state index contributed by atoms with van der Waals surface area (Å²) in [7, 11) is 0. The van der Waals surface area contributed by atoms with Crippen LogP contribution in [0.15, 0.2) is 29.1 Å². The van der Waals surface area contributed by atoms with Gasteiger partial charge in [0.15, 0.2) is 0 Å². The van der Waals surface area contributed by atoms with Crippen LogP contribution in [0.5, 0.6) is 0 Å². The lowest BCUT2D eigenvalue weighted by Crippen LogP contribution is -2.46. The number of benzene rings is 1. The molecule has 5 heteroatoms. The number of fused-ring (bicyclic) bond motifs is 1. The number of aromatic amines is 1. The molecule has 1 aromatic heterocycles. The number of hydrogen-bond acceptors (Lipinski definition) is 4.